The second kappa shape index (κ2) is 8.54. The molecule has 0 saturated carbocycles. The van der Waals surface area contributed by atoms with Gasteiger partial charge in [0.25, 0.3) is 0 Å². The van der Waals surface area contributed by atoms with E-state index in [1.807, 2.05) is 30.3 Å². The summed E-state index contributed by atoms with van der Waals surface area (Å²) in [6.07, 6.45) is 1.56. The third-order valence-electron chi connectivity index (χ3n) is 3.71. The van der Waals surface area contributed by atoms with Gasteiger partial charge in [-0.1, -0.05) is 42.1 Å². The molecule has 3 aromatic rings. The summed E-state index contributed by atoms with van der Waals surface area (Å²) in [5, 5.41) is 13.1. The maximum atomic E-state index is 12.7. The summed E-state index contributed by atoms with van der Waals surface area (Å²) in [6.45, 7) is 2.21. The van der Waals surface area contributed by atoms with Crippen LogP contribution in [-0.4, -0.2) is 33.2 Å². The van der Waals surface area contributed by atoms with E-state index in [9.17, 15) is 9.59 Å². The van der Waals surface area contributed by atoms with Crippen LogP contribution >= 0.6 is 11.8 Å². The SMILES string of the molecule is CCNC(=O)NC(=O)[C@@H](Sc1nnc(-c2ccco2)n1C)c1ccccc1. The molecule has 3 amide bonds. The van der Waals surface area contributed by atoms with E-state index in [0.29, 0.717) is 23.3 Å². The highest BCUT2D eigenvalue weighted by molar-refractivity contribution is 8.00. The summed E-state index contributed by atoms with van der Waals surface area (Å²) in [6, 6.07) is 12.2. The van der Waals surface area contributed by atoms with Gasteiger partial charge < -0.3 is 14.3 Å². The summed E-state index contributed by atoms with van der Waals surface area (Å²) < 4.78 is 7.11. The average molecular weight is 385 g/mol. The van der Waals surface area contributed by atoms with Gasteiger partial charge in [0.2, 0.25) is 5.91 Å². The van der Waals surface area contributed by atoms with Crippen molar-refractivity contribution in [2.45, 2.75) is 17.3 Å². The smallest absolute Gasteiger partial charge is 0.321 e. The second-order valence-electron chi connectivity index (χ2n) is 5.60. The maximum Gasteiger partial charge on any atom is 0.321 e. The predicted octanol–water partition coefficient (Wildman–Crippen LogP) is 2.75. The first-order chi connectivity index (χ1) is 13.1. The number of amides is 3. The molecule has 0 aliphatic carbocycles. The molecule has 8 nitrogen and oxygen atoms in total. The fraction of sp³-hybridized carbons (Fsp3) is 0.222. The van der Waals surface area contributed by atoms with Gasteiger partial charge in [0.1, 0.15) is 5.25 Å². The summed E-state index contributed by atoms with van der Waals surface area (Å²) in [5.74, 6) is 0.707. The Morgan fingerprint density at radius 1 is 1.19 bits per heavy atom. The maximum absolute atomic E-state index is 12.7. The molecule has 9 heteroatoms. The topological polar surface area (TPSA) is 102 Å². The first-order valence-corrected chi connectivity index (χ1v) is 9.21. The van der Waals surface area contributed by atoms with Crippen molar-refractivity contribution in [3.63, 3.8) is 0 Å². The molecule has 0 aliphatic rings. The van der Waals surface area contributed by atoms with E-state index < -0.39 is 17.2 Å². The van der Waals surface area contributed by atoms with Crippen molar-refractivity contribution in [2.75, 3.05) is 6.54 Å². The van der Waals surface area contributed by atoms with Crippen LogP contribution in [0.1, 0.15) is 17.7 Å². The molecule has 0 saturated heterocycles. The molecule has 0 aliphatic heterocycles. The van der Waals surface area contributed by atoms with Crippen molar-refractivity contribution >= 4 is 23.7 Å². The zero-order chi connectivity index (χ0) is 19.2. The first kappa shape index (κ1) is 18.7. The molecule has 140 valence electrons. The number of hydrogen-bond donors (Lipinski definition) is 2. The van der Waals surface area contributed by atoms with E-state index in [1.165, 1.54) is 11.8 Å². The Labute approximate surface area is 160 Å². The number of rotatable bonds is 6. The van der Waals surface area contributed by atoms with Crippen LogP contribution in [0.25, 0.3) is 11.6 Å². The molecule has 0 unspecified atom stereocenters. The third-order valence-corrected chi connectivity index (χ3v) is 5.00. The standard InChI is InChI=1S/C18H19N5O3S/c1-3-19-17(25)20-16(24)14(12-8-5-4-6-9-12)27-18-22-21-15(23(18)2)13-10-7-11-26-13/h4-11,14H,3H2,1-2H3,(H2,19,20,24,25)/t14-/m0/s1. The molecule has 27 heavy (non-hydrogen) atoms. The minimum atomic E-state index is -0.666. The van der Waals surface area contributed by atoms with Crippen LogP contribution in [0, 0.1) is 0 Å². The highest BCUT2D eigenvalue weighted by Gasteiger charge is 2.26. The number of hydrogen-bond acceptors (Lipinski definition) is 6. The van der Waals surface area contributed by atoms with Gasteiger partial charge in [-0.15, -0.1) is 10.2 Å². The zero-order valence-corrected chi connectivity index (χ0v) is 15.7. The van der Waals surface area contributed by atoms with E-state index in [0.717, 1.165) is 5.56 Å². The lowest BCUT2D eigenvalue weighted by Crippen LogP contribution is -2.41. The molecule has 0 fully saturated rings. The van der Waals surface area contributed by atoms with Crippen molar-refractivity contribution in [2.24, 2.45) is 7.05 Å². The number of nitrogens with zero attached hydrogens (tertiary/aromatic N) is 3. The van der Waals surface area contributed by atoms with Crippen molar-refractivity contribution < 1.29 is 14.0 Å². The minimum absolute atomic E-state index is 0.429. The van der Waals surface area contributed by atoms with Crippen LogP contribution in [0.2, 0.25) is 0 Å². The second-order valence-corrected chi connectivity index (χ2v) is 6.67. The van der Waals surface area contributed by atoms with Crippen LogP contribution in [0.3, 0.4) is 0 Å². The van der Waals surface area contributed by atoms with Crippen LogP contribution < -0.4 is 10.6 Å². The van der Waals surface area contributed by atoms with Gasteiger partial charge in [0.05, 0.1) is 6.26 Å². The molecule has 0 spiro atoms. The molecule has 0 radical (unpaired) electrons. The van der Waals surface area contributed by atoms with Gasteiger partial charge in [-0.3, -0.25) is 10.1 Å². The fourth-order valence-electron chi connectivity index (χ4n) is 2.43. The highest BCUT2D eigenvalue weighted by Crippen LogP contribution is 2.35. The van der Waals surface area contributed by atoms with Crippen LogP contribution in [-0.2, 0) is 11.8 Å². The lowest BCUT2D eigenvalue weighted by molar-refractivity contribution is -0.119. The van der Waals surface area contributed by atoms with E-state index in [-0.39, 0.29) is 0 Å². The number of imide groups is 1. The number of thioether (sulfide) groups is 1. The molecule has 2 aromatic heterocycles. The van der Waals surface area contributed by atoms with Crippen LogP contribution in [0.5, 0.6) is 0 Å². The Morgan fingerprint density at radius 2 is 1.96 bits per heavy atom. The van der Waals surface area contributed by atoms with Gasteiger partial charge in [0, 0.05) is 13.6 Å². The Hall–Kier alpha value is -3.07. The molecule has 2 heterocycles. The predicted molar refractivity (Wildman–Crippen MR) is 101 cm³/mol. The summed E-state index contributed by atoms with van der Waals surface area (Å²) >= 11 is 1.21. The number of carbonyl (C=O) groups is 2. The molecule has 2 N–H and O–H groups in total. The first-order valence-electron chi connectivity index (χ1n) is 8.33. The van der Waals surface area contributed by atoms with Gasteiger partial charge in [-0.25, -0.2) is 4.79 Å². The van der Waals surface area contributed by atoms with Crippen LogP contribution in [0.4, 0.5) is 4.79 Å². The van der Waals surface area contributed by atoms with E-state index >= 15 is 0 Å². The molecule has 3 rings (SSSR count). The number of nitrogens with one attached hydrogen (secondary N) is 2. The number of aromatic nitrogens is 3. The fourth-order valence-corrected chi connectivity index (χ4v) is 3.43. The van der Waals surface area contributed by atoms with Gasteiger partial charge in [0.15, 0.2) is 16.7 Å². The van der Waals surface area contributed by atoms with Crippen molar-refractivity contribution in [3.8, 4) is 11.6 Å². The van der Waals surface area contributed by atoms with Gasteiger partial charge >= 0.3 is 6.03 Å². The van der Waals surface area contributed by atoms with E-state index in [4.69, 9.17) is 4.42 Å². The van der Waals surface area contributed by atoms with Crippen molar-refractivity contribution in [3.05, 3.63) is 54.3 Å². The number of furan rings is 1. The normalized spacial score (nSPS) is 11.8. The minimum Gasteiger partial charge on any atom is -0.461 e. The lowest BCUT2D eigenvalue weighted by atomic mass is 10.1. The Balaban J connectivity index is 1.86. The lowest BCUT2D eigenvalue weighted by Gasteiger charge is -2.16. The number of carbonyl (C=O) groups excluding carboxylic acids is 2. The van der Waals surface area contributed by atoms with Crippen molar-refractivity contribution in [1.82, 2.24) is 25.4 Å². The average Bonchev–Trinajstić information content (AvgIpc) is 3.30. The molecular weight excluding hydrogens is 366 g/mol. The molecule has 0 bridgehead atoms. The monoisotopic (exact) mass is 385 g/mol. The summed E-state index contributed by atoms with van der Waals surface area (Å²) in [4.78, 5) is 24.5. The Morgan fingerprint density at radius 3 is 2.63 bits per heavy atom. The van der Waals surface area contributed by atoms with E-state index in [2.05, 4.69) is 20.8 Å². The van der Waals surface area contributed by atoms with Crippen LogP contribution in [0.15, 0.2) is 58.3 Å². The largest absolute Gasteiger partial charge is 0.461 e. The number of benzene rings is 1. The van der Waals surface area contributed by atoms with Gasteiger partial charge in [-0.05, 0) is 24.6 Å². The zero-order valence-electron chi connectivity index (χ0n) is 14.9. The van der Waals surface area contributed by atoms with Gasteiger partial charge in [-0.2, -0.15) is 0 Å². The molecule has 1 aromatic carbocycles. The Kier molecular flexibility index (Phi) is 5.92. The third kappa shape index (κ3) is 4.37. The Bertz CT molecular complexity index is 908. The quantitative estimate of drug-likeness (QED) is 0.633. The summed E-state index contributed by atoms with van der Waals surface area (Å²) in [7, 11) is 1.80. The summed E-state index contributed by atoms with van der Waals surface area (Å²) in [5.41, 5.74) is 0.756. The number of urea groups is 1. The molecule has 1 atom stereocenters. The van der Waals surface area contributed by atoms with E-state index in [1.54, 1.807) is 36.9 Å². The molecular formula is C18H19N5O3S. The van der Waals surface area contributed by atoms with Crippen molar-refractivity contribution in [1.29, 1.82) is 0 Å². The highest BCUT2D eigenvalue weighted by atomic mass is 32.2.